The van der Waals surface area contributed by atoms with E-state index in [4.69, 9.17) is 15.9 Å². The highest BCUT2D eigenvalue weighted by Gasteiger charge is 2.13. The summed E-state index contributed by atoms with van der Waals surface area (Å²) in [5, 5.41) is 10.2. The van der Waals surface area contributed by atoms with Gasteiger partial charge in [0, 0.05) is 18.6 Å². The van der Waals surface area contributed by atoms with Crippen LogP contribution in [0.15, 0.2) is 30.3 Å². The van der Waals surface area contributed by atoms with Crippen LogP contribution in [0, 0.1) is 11.2 Å². The first kappa shape index (κ1) is 19.4. The lowest BCUT2D eigenvalue weighted by molar-refractivity contribution is -0.119. The normalized spacial score (nSPS) is 11.1. The van der Waals surface area contributed by atoms with Gasteiger partial charge >= 0.3 is 0 Å². The maximum atomic E-state index is 14.0. The molecule has 0 unspecified atom stereocenters. The lowest BCUT2D eigenvalue weighted by atomic mass is 10.2. The Labute approximate surface area is 170 Å². The number of fused-ring (bicyclic) bond motifs is 2. The van der Waals surface area contributed by atoms with Crippen molar-refractivity contribution in [3.05, 3.63) is 53.4 Å². The van der Waals surface area contributed by atoms with E-state index in [2.05, 4.69) is 25.3 Å². The average molecular weight is 409 g/mol. The molecule has 0 aliphatic carbocycles. The van der Waals surface area contributed by atoms with Gasteiger partial charge in [-0.05, 0) is 24.3 Å². The number of hydrogen-bond acceptors (Lipinski definition) is 5. The number of H-pyrrole nitrogens is 2. The van der Waals surface area contributed by atoms with Gasteiger partial charge in [0.1, 0.15) is 41.2 Å². The fourth-order valence-corrected chi connectivity index (χ4v) is 3.15. The third-order valence-corrected chi connectivity index (χ3v) is 4.48. The molecule has 2 aromatic heterocycles. The van der Waals surface area contributed by atoms with Crippen LogP contribution in [0.2, 0.25) is 0 Å². The number of nitrogens with zero attached hydrogens (tertiary/aromatic N) is 2. The molecule has 0 saturated carbocycles. The van der Waals surface area contributed by atoms with Crippen LogP contribution in [-0.4, -0.2) is 44.8 Å². The van der Waals surface area contributed by atoms with Gasteiger partial charge in [0.2, 0.25) is 5.91 Å². The van der Waals surface area contributed by atoms with Gasteiger partial charge in [-0.15, -0.1) is 0 Å². The van der Waals surface area contributed by atoms with Crippen molar-refractivity contribution in [1.29, 1.82) is 5.41 Å². The molecule has 10 heteroatoms. The van der Waals surface area contributed by atoms with Crippen molar-refractivity contribution in [2.24, 2.45) is 5.73 Å². The molecule has 0 saturated heterocycles. The van der Waals surface area contributed by atoms with Crippen molar-refractivity contribution in [2.75, 3.05) is 13.2 Å². The average Bonchev–Trinajstić information content (AvgIpc) is 3.27. The lowest BCUT2D eigenvalue weighted by Crippen LogP contribution is -2.25. The fourth-order valence-electron chi connectivity index (χ4n) is 3.15. The van der Waals surface area contributed by atoms with Gasteiger partial charge in [-0.3, -0.25) is 10.2 Å². The van der Waals surface area contributed by atoms with Gasteiger partial charge in [0.15, 0.2) is 0 Å². The van der Waals surface area contributed by atoms with Gasteiger partial charge in [-0.2, -0.15) is 0 Å². The van der Waals surface area contributed by atoms with E-state index >= 15 is 0 Å². The molecule has 0 aliphatic rings. The summed E-state index contributed by atoms with van der Waals surface area (Å²) in [5.41, 5.74) is 8.66. The number of aromatic amines is 2. The van der Waals surface area contributed by atoms with Crippen molar-refractivity contribution >= 4 is 33.8 Å². The smallest absolute Gasteiger partial charge is 0.216 e. The predicted molar refractivity (Wildman–Crippen MR) is 110 cm³/mol. The van der Waals surface area contributed by atoms with Crippen molar-refractivity contribution < 1.29 is 13.9 Å². The van der Waals surface area contributed by atoms with E-state index in [1.54, 1.807) is 12.1 Å². The Morgan fingerprint density at radius 2 is 1.97 bits per heavy atom. The summed E-state index contributed by atoms with van der Waals surface area (Å²) in [6.45, 7) is 1.92. The number of carbonyl (C=O) groups excluding carboxylic acids is 1. The van der Waals surface area contributed by atoms with Crippen LogP contribution >= 0.6 is 0 Å². The van der Waals surface area contributed by atoms with E-state index in [0.29, 0.717) is 52.5 Å². The third-order valence-electron chi connectivity index (χ3n) is 4.48. The Morgan fingerprint density at radius 1 is 1.20 bits per heavy atom. The largest absolute Gasteiger partial charge is 0.489 e. The van der Waals surface area contributed by atoms with Crippen LogP contribution in [0.3, 0.4) is 0 Å². The van der Waals surface area contributed by atoms with Gasteiger partial charge < -0.3 is 25.8 Å². The van der Waals surface area contributed by atoms with E-state index in [0.717, 1.165) is 5.52 Å². The molecule has 4 rings (SSSR count). The van der Waals surface area contributed by atoms with Crippen LogP contribution in [0.25, 0.3) is 22.1 Å². The summed E-state index contributed by atoms with van der Waals surface area (Å²) < 4.78 is 19.6. The molecular formula is C20H20FN7O2. The number of aromatic nitrogens is 4. The number of ether oxygens (including phenoxy) is 1. The minimum absolute atomic E-state index is 0.0215. The number of nitrogens with one attached hydrogen (secondary N) is 4. The van der Waals surface area contributed by atoms with Crippen molar-refractivity contribution in [3.63, 3.8) is 0 Å². The summed E-state index contributed by atoms with van der Waals surface area (Å²) in [6.07, 6.45) is 0.367. The van der Waals surface area contributed by atoms with Crippen LogP contribution < -0.4 is 15.8 Å². The fraction of sp³-hybridized carbons (Fsp3) is 0.200. The highest BCUT2D eigenvalue weighted by molar-refractivity contribution is 5.97. The molecule has 1 amide bonds. The molecule has 0 aliphatic heterocycles. The molecule has 0 bridgehead atoms. The maximum absolute atomic E-state index is 14.0. The number of amidine groups is 1. The molecule has 6 N–H and O–H groups in total. The zero-order chi connectivity index (χ0) is 21.3. The molecule has 0 radical (unpaired) electrons. The summed E-state index contributed by atoms with van der Waals surface area (Å²) in [7, 11) is 0. The molecule has 9 nitrogen and oxygen atoms in total. The Morgan fingerprint density at radius 3 is 2.73 bits per heavy atom. The SMILES string of the molecule is CC(=O)NCCOc1cc(F)cc2[nH]c(Cc3nc4cc(C(=N)N)ccc4[nH]3)nc12. The van der Waals surface area contributed by atoms with Gasteiger partial charge in [-0.1, -0.05) is 0 Å². The zero-order valence-electron chi connectivity index (χ0n) is 16.2. The minimum Gasteiger partial charge on any atom is -0.489 e. The summed E-state index contributed by atoms with van der Waals surface area (Å²) in [6, 6.07) is 7.93. The molecular weight excluding hydrogens is 389 g/mol. The van der Waals surface area contributed by atoms with E-state index < -0.39 is 5.82 Å². The standard InChI is InChI=1S/C20H20FN7O2/c1-10(29)24-4-5-30-16-8-12(21)7-15-19(16)28-18(27-15)9-17-25-13-3-2-11(20(22)23)6-14(13)26-17/h2-3,6-8H,4-5,9H2,1H3,(H3,22,23)(H,24,29)(H,25,26)(H,27,28). The van der Waals surface area contributed by atoms with Gasteiger partial charge in [0.25, 0.3) is 0 Å². The molecule has 4 aromatic rings. The van der Waals surface area contributed by atoms with Crippen molar-refractivity contribution in [1.82, 2.24) is 25.3 Å². The lowest BCUT2D eigenvalue weighted by Gasteiger charge is -2.07. The number of imidazole rings is 2. The van der Waals surface area contributed by atoms with Gasteiger partial charge in [-0.25, -0.2) is 14.4 Å². The van der Waals surface area contributed by atoms with Crippen LogP contribution in [0.4, 0.5) is 4.39 Å². The number of benzene rings is 2. The third kappa shape index (κ3) is 4.07. The second-order valence-corrected chi connectivity index (χ2v) is 6.82. The van der Waals surface area contributed by atoms with Crippen LogP contribution in [-0.2, 0) is 11.2 Å². The first-order valence-electron chi connectivity index (χ1n) is 9.27. The molecule has 0 spiro atoms. The zero-order valence-corrected chi connectivity index (χ0v) is 16.2. The highest BCUT2D eigenvalue weighted by atomic mass is 19.1. The van der Waals surface area contributed by atoms with Crippen LogP contribution in [0.1, 0.15) is 24.1 Å². The number of nitrogens with two attached hydrogens (primary N) is 1. The highest BCUT2D eigenvalue weighted by Crippen LogP contribution is 2.26. The minimum atomic E-state index is -0.451. The van der Waals surface area contributed by atoms with Crippen molar-refractivity contribution in [3.8, 4) is 5.75 Å². The molecule has 0 atom stereocenters. The molecule has 30 heavy (non-hydrogen) atoms. The topological polar surface area (TPSA) is 146 Å². The van der Waals surface area contributed by atoms with Crippen molar-refractivity contribution in [2.45, 2.75) is 13.3 Å². The molecule has 154 valence electrons. The van der Waals surface area contributed by atoms with E-state index in [-0.39, 0.29) is 18.3 Å². The van der Waals surface area contributed by atoms with E-state index in [1.165, 1.54) is 19.1 Å². The molecule has 2 heterocycles. The van der Waals surface area contributed by atoms with Gasteiger partial charge in [0.05, 0.1) is 29.5 Å². The number of nitrogen functional groups attached to an aromatic ring is 1. The van der Waals surface area contributed by atoms with Crippen LogP contribution in [0.5, 0.6) is 5.75 Å². The summed E-state index contributed by atoms with van der Waals surface area (Å²) in [5.74, 6) is 0.922. The number of rotatable bonds is 7. The quantitative estimate of drug-likeness (QED) is 0.180. The number of halogens is 1. The second-order valence-electron chi connectivity index (χ2n) is 6.82. The predicted octanol–water partition coefficient (Wildman–Crippen LogP) is 1.97. The Hall–Kier alpha value is -3.95. The Bertz CT molecular complexity index is 1260. The molecule has 2 aromatic carbocycles. The maximum Gasteiger partial charge on any atom is 0.216 e. The van der Waals surface area contributed by atoms with E-state index in [9.17, 15) is 9.18 Å². The Balaban J connectivity index is 1.57. The Kier molecular flexibility index (Phi) is 5.05. The summed E-state index contributed by atoms with van der Waals surface area (Å²) in [4.78, 5) is 26.3. The number of hydrogen-bond donors (Lipinski definition) is 5. The molecule has 0 fully saturated rings. The first-order valence-corrected chi connectivity index (χ1v) is 9.27. The number of carbonyl (C=O) groups is 1. The monoisotopic (exact) mass is 409 g/mol. The second kappa shape index (κ2) is 7.82. The number of amides is 1. The summed E-state index contributed by atoms with van der Waals surface area (Å²) >= 11 is 0. The van der Waals surface area contributed by atoms with E-state index in [1.807, 2.05) is 6.07 Å². The first-order chi connectivity index (χ1) is 14.4.